The van der Waals surface area contributed by atoms with Crippen LogP contribution in [0.5, 0.6) is 0 Å². The zero-order valence-electron chi connectivity index (χ0n) is 5.41. The highest BCUT2D eigenvalue weighted by molar-refractivity contribution is 5.80. The van der Waals surface area contributed by atoms with Crippen molar-refractivity contribution in [2.75, 3.05) is 0 Å². The molecule has 0 aliphatic rings. The third kappa shape index (κ3) is 4.61. The van der Waals surface area contributed by atoms with Gasteiger partial charge in [0, 0.05) is 12.4 Å². The standard InChI is InChI=1S/C6H9N3/c1-4-7-6(3)9-8-5-2/h4-5H,1-2H2,3H3. The maximum atomic E-state index is 3.73. The molecule has 0 aromatic rings. The molecule has 0 heterocycles. The number of aliphatic imine (C=N–C) groups is 1. The van der Waals surface area contributed by atoms with Gasteiger partial charge in [-0.1, -0.05) is 13.2 Å². The van der Waals surface area contributed by atoms with E-state index in [1.807, 2.05) is 0 Å². The molecule has 0 unspecified atom stereocenters. The molecule has 0 atom stereocenters. The summed E-state index contributed by atoms with van der Waals surface area (Å²) in [7, 11) is 0. The van der Waals surface area contributed by atoms with E-state index >= 15 is 0 Å². The van der Waals surface area contributed by atoms with Gasteiger partial charge in [0.25, 0.3) is 0 Å². The molecule has 48 valence electrons. The minimum absolute atomic E-state index is 0.574. The summed E-state index contributed by atoms with van der Waals surface area (Å²) in [5.74, 6) is 0.574. The molecule has 0 rings (SSSR count). The monoisotopic (exact) mass is 123 g/mol. The molecule has 0 radical (unpaired) electrons. The fraction of sp³-hybridized carbons (Fsp3) is 0.167. The lowest BCUT2D eigenvalue weighted by molar-refractivity contribution is 1.25. The second-order valence-electron chi connectivity index (χ2n) is 1.26. The number of rotatable bonds is 2. The first-order chi connectivity index (χ1) is 4.31. The molecule has 0 spiro atoms. The van der Waals surface area contributed by atoms with Gasteiger partial charge in [-0.25, -0.2) is 4.99 Å². The Morgan fingerprint density at radius 3 is 2.44 bits per heavy atom. The lowest BCUT2D eigenvalue weighted by Gasteiger charge is -1.80. The van der Waals surface area contributed by atoms with E-state index in [4.69, 9.17) is 0 Å². The number of hydrogen-bond donors (Lipinski definition) is 0. The summed E-state index contributed by atoms with van der Waals surface area (Å²) < 4.78 is 0. The topological polar surface area (TPSA) is 37.1 Å². The van der Waals surface area contributed by atoms with Crippen molar-refractivity contribution in [3.8, 4) is 0 Å². The van der Waals surface area contributed by atoms with Gasteiger partial charge < -0.3 is 0 Å². The minimum atomic E-state index is 0.574. The normalized spacial score (nSPS) is 11.9. The van der Waals surface area contributed by atoms with E-state index in [0.29, 0.717) is 5.84 Å². The Morgan fingerprint density at radius 1 is 1.33 bits per heavy atom. The summed E-state index contributed by atoms with van der Waals surface area (Å²) in [6, 6.07) is 0. The number of nitrogens with zero attached hydrogens (tertiary/aromatic N) is 3. The zero-order chi connectivity index (χ0) is 7.11. The quantitative estimate of drug-likeness (QED) is 0.306. The molecular weight excluding hydrogens is 114 g/mol. The van der Waals surface area contributed by atoms with Crippen molar-refractivity contribution in [3.63, 3.8) is 0 Å². The molecule has 3 heteroatoms. The molecule has 9 heavy (non-hydrogen) atoms. The number of azo groups is 1. The van der Waals surface area contributed by atoms with Crippen LogP contribution >= 0.6 is 0 Å². The Balaban J connectivity index is 3.88. The summed E-state index contributed by atoms with van der Waals surface area (Å²) in [6.45, 7) is 8.48. The van der Waals surface area contributed by atoms with Crippen LogP contribution in [0.2, 0.25) is 0 Å². The van der Waals surface area contributed by atoms with E-state index in [1.54, 1.807) is 6.92 Å². The Labute approximate surface area is 54.5 Å². The van der Waals surface area contributed by atoms with Gasteiger partial charge in [0.05, 0.1) is 0 Å². The Bertz CT molecular complexity index is 156. The lowest BCUT2D eigenvalue weighted by atomic mass is 10.7. The van der Waals surface area contributed by atoms with Crippen LogP contribution in [0.4, 0.5) is 0 Å². The fourth-order valence-corrected chi connectivity index (χ4v) is 0.282. The van der Waals surface area contributed by atoms with Gasteiger partial charge in [-0.05, 0) is 6.92 Å². The second kappa shape index (κ2) is 4.90. The predicted molar refractivity (Wildman–Crippen MR) is 38.4 cm³/mol. The first kappa shape index (κ1) is 7.75. The van der Waals surface area contributed by atoms with Crippen LogP contribution in [0.15, 0.2) is 40.8 Å². The van der Waals surface area contributed by atoms with Crippen LogP contribution in [0.1, 0.15) is 6.92 Å². The number of hydrogen-bond acceptors (Lipinski definition) is 2. The van der Waals surface area contributed by atoms with E-state index in [0.717, 1.165) is 0 Å². The molecule has 0 saturated carbocycles. The van der Waals surface area contributed by atoms with Crippen molar-refractivity contribution in [1.82, 2.24) is 0 Å². The second-order valence-corrected chi connectivity index (χ2v) is 1.26. The first-order valence-electron chi connectivity index (χ1n) is 2.48. The maximum Gasteiger partial charge on any atom is 0.147 e. The molecule has 0 aliphatic carbocycles. The molecule has 3 nitrogen and oxygen atoms in total. The van der Waals surface area contributed by atoms with Gasteiger partial charge in [-0.2, -0.15) is 5.11 Å². The molecule has 0 N–H and O–H groups in total. The van der Waals surface area contributed by atoms with Gasteiger partial charge >= 0.3 is 0 Å². The maximum absolute atomic E-state index is 3.73. The third-order valence-electron chi connectivity index (χ3n) is 0.562. The highest BCUT2D eigenvalue weighted by atomic mass is 15.1. The van der Waals surface area contributed by atoms with E-state index in [1.165, 1.54) is 12.4 Å². The molecule has 0 saturated heterocycles. The average molecular weight is 123 g/mol. The largest absolute Gasteiger partial charge is 0.240 e. The van der Waals surface area contributed by atoms with Gasteiger partial charge in [0.2, 0.25) is 0 Å². The Kier molecular flexibility index (Phi) is 4.22. The first-order valence-corrected chi connectivity index (χ1v) is 2.48. The summed E-state index contributed by atoms with van der Waals surface area (Å²) in [5.41, 5.74) is 0. The van der Waals surface area contributed by atoms with E-state index in [9.17, 15) is 0 Å². The van der Waals surface area contributed by atoms with Crippen molar-refractivity contribution in [2.45, 2.75) is 6.92 Å². The SMILES string of the molecule is C=CN=NC(C)=NC=C. The molecule has 0 bridgehead atoms. The van der Waals surface area contributed by atoms with Crippen molar-refractivity contribution in [2.24, 2.45) is 15.2 Å². The average Bonchev–Trinajstić information content (AvgIpc) is 1.85. The van der Waals surface area contributed by atoms with E-state index in [-0.39, 0.29) is 0 Å². The summed E-state index contributed by atoms with van der Waals surface area (Å²) in [5, 5.41) is 7.12. The van der Waals surface area contributed by atoms with Crippen LogP contribution in [-0.4, -0.2) is 5.84 Å². The van der Waals surface area contributed by atoms with Gasteiger partial charge in [0.1, 0.15) is 5.84 Å². The zero-order valence-corrected chi connectivity index (χ0v) is 5.41. The third-order valence-corrected chi connectivity index (χ3v) is 0.562. The van der Waals surface area contributed by atoms with Gasteiger partial charge in [-0.15, -0.1) is 5.11 Å². The van der Waals surface area contributed by atoms with Crippen molar-refractivity contribution >= 4 is 5.84 Å². The number of amidine groups is 1. The molecule has 0 aromatic heterocycles. The van der Waals surface area contributed by atoms with Gasteiger partial charge in [0.15, 0.2) is 0 Å². The van der Waals surface area contributed by atoms with Crippen LogP contribution < -0.4 is 0 Å². The highest BCUT2D eigenvalue weighted by Gasteiger charge is 1.77. The molecule has 0 aromatic carbocycles. The lowest BCUT2D eigenvalue weighted by Crippen LogP contribution is -1.78. The summed E-state index contributed by atoms with van der Waals surface area (Å²) >= 11 is 0. The van der Waals surface area contributed by atoms with Crippen molar-refractivity contribution < 1.29 is 0 Å². The molecular formula is C6H9N3. The van der Waals surface area contributed by atoms with Crippen LogP contribution in [0.25, 0.3) is 0 Å². The Hall–Kier alpha value is -1.25. The summed E-state index contributed by atoms with van der Waals surface area (Å²) in [4.78, 5) is 3.73. The fourth-order valence-electron chi connectivity index (χ4n) is 0.282. The van der Waals surface area contributed by atoms with Crippen LogP contribution in [0, 0.1) is 0 Å². The Morgan fingerprint density at radius 2 is 2.00 bits per heavy atom. The smallest absolute Gasteiger partial charge is 0.147 e. The van der Waals surface area contributed by atoms with Crippen LogP contribution in [0.3, 0.4) is 0 Å². The molecule has 0 aliphatic heterocycles. The van der Waals surface area contributed by atoms with Gasteiger partial charge in [-0.3, -0.25) is 0 Å². The highest BCUT2D eigenvalue weighted by Crippen LogP contribution is 1.82. The molecule has 0 amide bonds. The van der Waals surface area contributed by atoms with E-state index in [2.05, 4.69) is 28.4 Å². The predicted octanol–water partition coefficient (Wildman–Crippen LogP) is 2.14. The van der Waals surface area contributed by atoms with Crippen molar-refractivity contribution in [3.05, 3.63) is 25.6 Å². The van der Waals surface area contributed by atoms with Crippen molar-refractivity contribution in [1.29, 1.82) is 0 Å². The van der Waals surface area contributed by atoms with E-state index < -0.39 is 0 Å². The summed E-state index contributed by atoms with van der Waals surface area (Å²) in [6.07, 6.45) is 2.76. The minimum Gasteiger partial charge on any atom is -0.240 e. The van der Waals surface area contributed by atoms with Crippen LogP contribution in [-0.2, 0) is 0 Å². The molecule has 0 fully saturated rings.